The lowest BCUT2D eigenvalue weighted by Gasteiger charge is -2.33. The number of hydrogen-bond acceptors (Lipinski definition) is 4. The van der Waals surface area contributed by atoms with Crippen molar-refractivity contribution < 1.29 is 26.7 Å². The molecule has 1 aromatic carbocycles. The third kappa shape index (κ3) is 6.03. The number of carbonyl (C=O) groups is 1. The van der Waals surface area contributed by atoms with Crippen molar-refractivity contribution in [2.45, 2.75) is 76.5 Å². The van der Waals surface area contributed by atoms with E-state index in [1.807, 2.05) is 0 Å². The SMILES string of the molecule is O=C(NC1CCCCC1)NC1CCN(S(=O)(=O)C2=Cc3ccc(OC(F)F)cc3CC2)CC1. The minimum atomic E-state index is -3.62. The number of nitrogens with zero attached hydrogens (tertiary/aromatic N) is 1. The van der Waals surface area contributed by atoms with Crippen LogP contribution in [0.25, 0.3) is 6.08 Å². The van der Waals surface area contributed by atoms with Crippen LogP contribution in [0.4, 0.5) is 13.6 Å². The van der Waals surface area contributed by atoms with Gasteiger partial charge < -0.3 is 15.4 Å². The van der Waals surface area contributed by atoms with Crippen molar-refractivity contribution in [1.82, 2.24) is 14.9 Å². The van der Waals surface area contributed by atoms with E-state index in [0.29, 0.717) is 49.2 Å². The fourth-order valence-electron chi connectivity index (χ4n) is 4.89. The molecule has 33 heavy (non-hydrogen) atoms. The fourth-order valence-corrected chi connectivity index (χ4v) is 6.55. The minimum absolute atomic E-state index is 0.0469. The zero-order chi connectivity index (χ0) is 23.4. The number of hydrogen-bond donors (Lipinski definition) is 2. The van der Waals surface area contributed by atoms with Gasteiger partial charge in [-0.25, -0.2) is 13.2 Å². The zero-order valence-corrected chi connectivity index (χ0v) is 19.4. The summed E-state index contributed by atoms with van der Waals surface area (Å²) in [6.45, 7) is -2.20. The minimum Gasteiger partial charge on any atom is -0.435 e. The molecule has 0 aromatic heterocycles. The number of piperidine rings is 1. The quantitative estimate of drug-likeness (QED) is 0.640. The van der Waals surface area contributed by atoms with Crippen LogP contribution in [0.15, 0.2) is 23.1 Å². The molecule has 1 saturated carbocycles. The van der Waals surface area contributed by atoms with Crippen LogP contribution in [-0.4, -0.2) is 50.5 Å². The molecule has 2 amide bonds. The Morgan fingerprint density at radius 1 is 1.00 bits per heavy atom. The van der Waals surface area contributed by atoms with E-state index in [9.17, 15) is 22.0 Å². The Bertz CT molecular complexity index is 985. The molecule has 0 spiro atoms. The Morgan fingerprint density at radius 3 is 2.33 bits per heavy atom. The van der Waals surface area contributed by atoms with Gasteiger partial charge in [0, 0.05) is 25.2 Å². The van der Waals surface area contributed by atoms with Gasteiger partial charge in [-0.2, -0.15) is 13.1 Å². The van der Waals surface area contributed by atoms with E-state index in [2.05, 4.69) is 15.4 Å². The number of carbonyl (C=O) groups excluding carboxylic acids is 1. The molecule has 10 heteroatoms. The summed E-state index contributed by atoms with van der Waals surface area (Å²) in [7, 11) is -3.62. The van der Waals surface area contributed by atoms with Gasteiger partial charge in [0.25, 0.3) is 0 Å². The normalized spacial score (nSPS) is 20.8. The predicted octanol–water partition coefficient (Wildman–Crippen LogP) is 4.00. The Morgan fingerprint density at radius 2 is 1.67 bits per heavy atom. The molecule has 182 valence electrons. The molecular weight excluding hydrogens is 452 g/mol. The molecule has 1 saturated heterocycles. The summed E-state index contributed by atoms with van der Waals surface area (Å²) in [6, 6.07) is 4.60. The van der Waals surface area contributed by atoms with Gasteiger partial charge in [0.15, 0.2) is 0 Å². The van der Waals surface area contributed by atoms with Crippen LogP contribution >= 0.6 is 0 Å². The van der Waals surface area contributed by atoms with Crippen LogP contribution in [0, 0.1) is 0 Å². The number of sulfonamides is 1. The number of urea groups is 1. The number of alkyl halides is 2. The number of allylic oxidation sites excluding steroid dienone is 1. The largest absolute Gasteiger partial charge is 0.435 e. The van der Waals surface area contributed by atoms with Crippen LogP contribution in [0.3, 0.4) is 0 Å². The molecule has 0 unspecified atom stereocenters. The molecule has 3 aliphatic rings. The average molecular weight is 484 g/mol. The standard InChI is InChI=1S/C23H31F2N3O4S/c24-22(25)32-20-8-6-17-15-21(9-7-16(17)14-20)33(30,31)28-12-10-19(11-13-28)27-23(29)26-18-4-2-1-3-5-18/h6,8,14-15,18-19,22H,1-5,7,9-13H2,(H2,26,27,29). The molecule has 0 radical (unpaired) electrons. The van der Waals surface area contributed by atoms with Crippen LogP contribution in [0.5, 0.6) is 5.75 Å². The van der Waals surface area contributed by atoms with Gasteiger partial charge in [-0.3, -0.25) is 0 Å². The first-order valence-electron chi connectivity index (χ1n) is 11.7. The second kappa shape index (κ2) is 10.4. The third-order valence-corrected chi connectivity index (χ3v) is 8.73. The molecule has 4 rings (SSSR count). The van der Waals surface area contributed by atoms with Crippen molar-refractivity contribution in [3.8, 4) is 5.75 Å². The van der Waals surface area contributed by atoms with E-state index in [1.54, 1.807) is 12.1 Å². The first kappa shape index (κ1) is 23.9. The predicted molar refractivity (Wildman–Crippen MR) is 121 cm³/mol. The molecule has 1 heterocycles. The lowest BCUT2D eigenvalue weighted by atomic mass is 9.96. The van der Waals surface area contributed by atoms with E-state index in [-0.39, 0.29) is 23.9 Å². The number of rotatable bonds is 6. The van der Waals surface area contributed by atoms with Crippen LogP contribution in [0.2, 0.25) is 0 Å². The summed E-state index contributed by atoms with van der Waals surface area (Å²) in [4.78, 5) is 12.6. The van der Waals surface area contributed by atoms with Crippen molar-refractivity contribution in [1.29, 1.82) is 0 Å². The topological polar surface area (TPSA) is 87.7 Å². The molecule has 2 fully saturated rings. The molecule has 2 aliphatic carbocycles. The number of nitrogens with one attached hydrogen (secondary N) is 2. The number of amides is 2. The maximum atomic E-state index is 13.2. The van der Waals surface area contributed by atoms with Crippen LogP contribution in [-0.2, 0) is 16.4 Å². The number of fused-ring (bicyclic) bond motifs is 1. The van der Waals surface area contributed by atoms with E-state index in [1.165, 1.54) is 22.9 Å². The zero-order valence-electron chi connectivity index (χ0n) is 18.6. The van der Waals surface area contributed by atoms with Crippen molar-refractivity contribution >= 4 is 22.1 Å². The molecule has 0 bridgehead atoms. The second-order valence-corrected chi connectivity index (χ2v) is 11.0. The lowest BCUT2D eigenvalue weighted by molar-refractivity contribution is -0.0498. The maximum Gasteiger partial charge on any atom is 0.387 e. The highest BCUT2D eigenvalue weighted by atomic mass is 32.2. The van der Waals surface area contributed by atoms with Crippen molar-refractivity contribution in [2.24, 2.45) is 0 Å². The lowest BCUT2D eigenvalue weighted by Crippen LogP contribution is -2.51. The smallest absolute Gasteiger partial charge is 0.387 e. The van der Waals surface area contributed by atoms with Crippen molar-refractivity contribution in [3.05, 3.63) is 34.2 Å². The van der Waals surface area contributed by atoms with Gasteiger partial charge in [0.1, 0.15) is 5.75 Å². The maximum absolute atomic E-state index is 13.2. The average Bonchev–Trinajstić information content (AvgIpc) is 2.79. The summed E-state index contributed by atoms with van der Waals surface area (Å²) in [5, 5.41) is 6.04. The summed E-state index contributed by atoms with van der Waals surface area (Å²) in [6.07, 6.45) is 9.07. The number of aryl methyl sites for hydroxylation is 1. The first-order chi connectivity index (χ1) is 15.8. The van der Waals surface area contributed by atoms with Gasteiger partial charge in [0.2, 0.25) is 10.0 Å². The monoisotopic (exact) mass is 483 g/mol. The summed E-state index contributed by atoms with van der Waals surface area (Å²) < 4.78 is 57.2. The first-order valence-corrected chi connectivity index (χ1v) is 13.1. The van der Waals surface area contributed by atoms with Crippen molar-refractivity contribution in [2.75, 3.05) is 13.1 Å². The van der Waals surface area contributed by atoms with E-state index in [4.69, 9.17) is 0 Å². The van der Waals surface area contributed by atoms with E-state index in [0.717, 1.165) is 31.2 Å². The van der Waals surface area contributed by atoms with E-state index < -0.39 is 16.6 Å². The highest BCUT2D eigenvalue weighted by molar-refractivity contribution is 7.93. The van der Waals surface area contributed by atoms with Gasteiger partial charge in [0.05, 0.1) is 4.91 Å². The second-order valence-electron chi connectivity index (χ2n) is 8.98. The number of ether oxygens (including phenoxy) is 1. The molecule has 1 aromatic rings. The fraction of sp³-hybridized carbons (Fsp3) is 0.609. The van der Waals surface area contributed by atoms with Gasteiger partial charge in [-0.15, -0.1) is 0 Å². The van der Waals surface area contributed by atoms with Crippen LogP contribution in [0.1, 0.15) is 62.5 Å². The molecule has 1 aliphatic heterocycles. The molecule has 7 nitrogen and oxygen atoms in total. The Kier molecular flexibility index (Phi) is 7.53. The van der Waals surface area contributed by atoms with Gasteiger partial charge >= 0.3 is 12.6 Å². The third-order valence-electron chi connectivity index (χ3n) is 6.70. The van der Waals surface area contributed by atoms with Gasteiger partial charge in [-0.05, 0) is 67.9 Å². The van der Waals surface area contributed by atoms with Crippen molar-refractivity contribution in [3.63, 3.8) is 0 Å². The Hall–Kier alpha value is -2.20. The molecular formula is C23H31F2N3O4S. The molecule has 0 atom stereocenters. The Labute approximate surface area is 193 Å². The number of benzene rings is 1. The van der Waals surface area contributed by atoms with Gasteiger partial charge in [-0.1, -0.05) is 25.3 Å². The molecule has 2 N–H and O–H groups in total. The number of halogens is 2. The highest BCUT2D eigenvalue weighted by Gasteiger charge is 2.32. The summed E-state index contributed by atoms with van der Waals surface area (Å²) in [5.41, 5.74) is 1.50. The van der Waals surface area contributed by atoms with E-state index >= 15 is 0 Å². The Balaban J connectivity index is 1.32. The van der Waals surface area contributed by atoms with Crippen LogP contribution < -0.4 is 15.4 Å². The summed E-state index contributed by atoms with van der Waals surface area (Å²) in [5.74, 6) is 0.0746. The summed E-state index contributed by atoms with van der Waals surface area (Å²) >= 11 is 0. The highest BCUT2D eigenvalue weighted by Crippen LogP contribution is 2.32.